The molecule has 0 N–H and O–H groups in total. The molecule has 2 nitrogen and oxygen atoms in total. The molecule has 0 aromatic carbocycles. The third-order valence-corrected chi connectivity index (χ3v) is 4.61. The van der Waals surface area contributed by atoms with Crippen LogP contribution in [0.5, 0.6) is 0 Å². The molecule has 4 heteroatoms. The molecule has 2 unspecified atom stereocenters. The fourth-order valence-electron chi connectivity index (χ4n) is 2.23. The van der Waals surface area contributed by atoms with Gasteiger partial charge in [-0.25, -0.2) is 0 Å². The molecule has 112 valence electrons. The SMILES string of the molecule is C=C(C)C(C)(C/C(P)=C/Cl)c1nn(C(C)(C)C)cc1C. The van der Waals surface area contributed by atoms with E-state index < -0.39 is 0 Å². The second-order valence-electron chi connectivity index (χ2n) is 6.75. The third kappa shape index (κ3) is 3.54. The van der Waals surface area contributed by atoms with Crippen LogP contribution in [0.1, 0.15) is 52.3 Å². The van der Waals surface area contributed by atoms with Gasteiger partial charge in [-0.2, -0.15) is 5.10 Å². The van der Waals surface area contributed by atoms with Crippen molar-refractivity contribution in [3.8, 4) is 0 Å². The van der Waals surface area contributed by atoms with Crippen molar-refractivity contribution in [3.05, 3.63) is 40.5 Å². The molecule has 0 amide bonds. The molecule has 0 aliphatic rings. The van der Waals surface area contributed by atoms with E-state index in [4.69, 9.17) is 16.7 Å². The lowest BCUT2D eigenvalue weighted by Gasteiger charge is -2.30. The first-order chi connectivity index (χ1) is 9.02. The monoisotopic (exact) mass is 312 g/mol. The van der Waals surface area contributed by atoms with Crippen LogP contribution in [0.3, 0.4) is 0 Å². The maximum atomic E-state index is 5.83. The van der Waals surface area contributed by atoms with Crippen LogP contribution in [0.2, 0.25) is 0 Å². The number of hydrogen-bond donors (Lipinski definition) is 0. The van der Waals surface area contributed by atoms with E-state index in [9.17, 15) is 0 Å². The highest BCUT2D eigenvalue weighted by atomic mass is 35.5. The van der Waals surface area contributed by atoms with Gasteiger partial charge in [-0.3, -0.25) is 4.68 Å². The molecule has 1 heterocycles. The Morgan fingerprint density at radius 1 is 1.45 bits per heavy atom. The molecule has 0 spiro atoms. The summed E-state index contributed by atoms with van der Waals surface area (Å²) in [6.45, 7) is 17.0. The molecular formula is C16H26ClN2P. The molecule has 0 aliphatic heterocycles. The number of halogens is 1. The zero-order valence-corrected chi connectivity index (χ0v) is 15.3. The standard InChI is InChI=1S/C16H26ClN2P/c1-11(2)16(7,8-13(20)9-17)14-12(3)10-19(18-14)15(4,5)6/h9-10H,1,8,20H2,2-7H3/b13-9-. The van der Waals surface area contributed by atoms with Gasteiger partial charge in [0.25, 0.3) is 0 Å². The van der Waals surface area contributed by atoms with E-state index in [2.05, 4.69) is 63.6 Å². The predicted octanol–water partition coefficient (Wildman–Crippen LogP) is 5.13. The number of hydrogen-bond acceptors (Lipinski definition) is 1. The topological polar surface area (TPSA) is 17.8 Å². The Kier molecular flexibility index (Phi) is 5.27. The Balaban J connectivity index is 3.37. The number of aryl methyl sites for hydroxylation is 1. The van der Waals surface area contributed by atoms with Gasteiger partial charge in [0.15, 0.2) is 0 Å². The van der Waals surface area contributed by atoms with Gasteiger partial charge < -0.3 is 0 Å². The summed E-state index contributed by atoms with van der Waals surface area (Å²) in [5, 5.41) is 5.90. The summed E-state index contributed by atoms with van der Waals surface area (Å²) in [5.74, 6) is 0. The van der Waals surface area contributed by atoms with Gasteiger partial charge in [0.05, 0.1) is 11.2 Å². The number of rotatable bonds is 4. The van der Waals surface area contributed by atoms with E-state index in [1.807, 2.05) is 4.68 Å². The molecule has 1 aromatic rings. The average molecular weight is 313 g/mol. The van der Waals surface area contributed by atoms with E-state index in [0.717, 1.165) is 23.0 Å². The Hall–Kier alpha value is -0.590. The lowest BCUT2D eigenvalue weighted by molar-refractivity contribution is 0.348. The van der Waals surface area contributed by atoms with Crippen molar-refractivity contribution in [2.24, 2.45) is 0 Å². The van der Waals surface area contributed by atoms with Gasteiger partial charge in [-0.05, 0) is 58.8 Å². The van der Waals surface area contributed by atoms with Crippen molar-refractivity contribution in [2.45, 2.75) is 58.9 Å². The van der Waals surface area contributed by atoms with Crippen LogP contribution in [-0.2, 0) is 11.0 Å². The van der Waals surface area contributed by atoms with Crippen LogP contribution in [0, 0.1) is 6.92 Å². The summed E-state index contributed by atoms with van der Waals surface area (Å²) in [6, 6.07) is 0. The van der Waals surface area contributed by atoms with E-state index in [0.29, 0.717) is 0 Å². The normalized spacial score (nSPS) is 16.1. The van der Waals surface area contributed by atoms with Crippen molar-refractivity contribution in [2.75, 3.05) is 0 Å². The van der Waals surface area contributed by atoms with Gasteiger partial charge in [0.2, 0.25) is 0 Å². The number of allylic oxidation sites excluding steroid dienone is 2. The highest BCUT2D eigenvalue weighted by Crippen LogP contribution is 2.39. The van der Waals surface area contributed by atoms with Gasteiger partial charge in [-0.15, -0.1) is 9.24 Å². The van der Waals surface area contributed by atoms with Gasteiger partial charge in [-0.1, -0.05) is 23.8 Å². The summed E-state index contributed by atoms with van der Waals surface area (Å²) in [5.41, 5.74) is 4.75. The first-order valence-corrected chi connectivity index (χ1v) is 7.81. The van der Waals surface area contributed by atoms with E-state index in [1.54, 1.807) is 5.54 Å². The Bertz CT molecular complexity index is 537. The molecule has 0 radical (unpaired) electrons. The minimum Gasteiger partial charge on any atom is -0.267 e. The molecule has 1 rings (SSSR count). The summed E-state index contributed by atoms with van der Waals surface area (Å²) >= 11 is 5.83. The van der Waals surface area contributed by atoms with Crippen molar-refractivity contribution in [3.63, 3.8) is 0 Å². The molecule has 1 aromatic heterocycles. The molecule has 0 bridgehead atoms. The highest BCUT2D eigenvalue weighted by Gasteiger charge is 2.33. The van der Waals surface area contributed by atoms with Crippen molar-refractivity contribution < 1.29 is 0 Å². The van der Waals surface area contributed by atoms with E-state index >= 15 is 0 Å². The molecular weight excluding hydrogens is 287 g/mol. The molecule has 0 saturated heterocycles. The maximum absolute atomic E-state index is 5.83. The molecule has 2 atom stereocenters. The van der Waals surface area contributed by atoms with Crippen molar-refractivity contribution >= 4 is 20.8 Å². The minimum absolute atomic E-state index is 0.0227. The highest BCUT2D eigenvalue weighted by molar-refractivity contribution is 7.22. The van der Waals surface area contributed by atoms with Crippen LogP contribution < -0.4 is 0 Å². The van der Waals surface area contributed by atoms with Crippen LogP contribution in [0.4, 0.5) is 0 Å². The molecule has 0 saturated carbocycles. The number of aromatic nitrogens is 2. The predicted molar refractivity (Wildman–Crippen MR) is 92.4 cm³/mol. The van der Waals surface area contributed by atoms with Crippen LogP contribution >= 0.6 is 20.8 Å². The van der Waals surface area contributed by atoms with Crippen LogP contribution in [0.15, 0.2) is 29.2 Å². The lowest BCUT2D eigenvalue weighted by atomic mass is 9.76. The third-order valence-electron chi connectivity index (χ3n) is 3.75. The quantitative estimate of drug-likeness (QED) is 0.557. The van der Waals surface area contributed by atoms with Crippen LogP contribution in [-0.4, -0.2) is 9.78 Å². The summed E-state index contributed by atoms with van der Waals surface area (Å²) in [6.07, 6.45) is 2.92. The summed E-state index contributed by atoms with van der Waals surface area (Å²) in [7, 11) is 2.69. The van der Waals surface area contributed by atoms with E-state index in [-0.39, 0.29) is 11.0 Å². The van der Waals surface area contributed by atoms with Crippen LogP contribution in [0.25, 0.3) is 0 Å². The van der Waals surface area contributed by atoms with E-state index in [1.165, 1.54) is 5.56 Å². The fraction of sp³-hybridized carbons (Fsp3) is 0.562. The Labute approximate surface area is 130 Å². The zero-order chi connectivity index (χ0) is 15.7. The molecule has 0 fully saturated rings. The van der Waals surface area contributed by atoms with Gasteiger partial charge >= 0.3 is 0 Å². The first kappa shape index (κ1) is 17.5. The summed E-state index contributed by atoms with van der Waals surface area (Å²) in [4.78, 5) is 0. The van der Waals surface area contributed by atoms with Crippen molar-refractivity contribution in [1.82, 2.24) is 9.78 Å². The van der Waals surface area contributed by atoms with Gasteiger partial charge in [0, 0.05) is 17.1 Å². The smallest absolute Gasteiger partial charge is 0.0756 e. The number of nitrogens with zero attached hydrogens (tertiary/aromatic N) is 2. The fourth-order valence-corrected chi connectivity index (χ4v) is 2.72. The minimum atomic E-state index is -0.205. The zero-order valence-electron chi connectivity index (χ0n) is 13.4. The average Bonchev–Trinajstić information content (AvgIpc) is 2.71. The second kappa shape index (κ2) is 6.03. The second-order valence-corrected chi connectivity index (χ2v) is 7.71. The Morgan fingerprint density at radius 3 is 2.35 bits per heavy atom. The lowest BCUT2D eigenvalue weighted by Crippen LogP contribution is -2.27. The van der Waals surface area contributed by atoms with Crippen molar-refractivity contribution in [1.29, 1.82) is 0 Å². The van der Waals surface area contributed by atoms with Gasteiger partial charge in [0.1, 0.15) is 0 Å². The summed E-state index contributed by atoms with van der Waals surface area (Å²) < 4.78 is 2.03. The Morgan fingerprint density at radius 2 is 2.00 bits per heavy atom. The molecule has 0 aliphatic carbocycles. The molecule has 20 heavy (non-hydrogen) atoms. The largest absolute Gasteiger partial charge is 0.267 e. The maximum Gasteiger partial charge on any atom is 0.0756 e. The first-order valence-electron chi connectivity index (χ1n) is 6.80.